The summed E-state index contributed by atoms with van der Waals surface area (Å²) in [6.45, 7) is -2.32. The Labute approximate surface area is 223 Å². The highest BCUT2D eigenvalue weighted by molar-refractivity contribution is 7.92. The van der Waals surface area contributed by atoms with E-state index in [1.165, 1.54) is 0 Å². The highest BCUT2D eigenvalue weighted by atomic mass is 32.2. The number of hydrogen-bond donors (Lipinski definition) is 1. The Kier molecular flexibility index (Phi) is 9.18. The van der Waals surface area contributed by atoms with Crippen LogP contribution in [0.25, 0.3) is 11.1 Å². The number of benzene rings is 3. The van der Waals surface area contributed by atoms with Gasteiger partial charge in [0.15, 0.2) is 11.6 Å². The predicted molar refractivity (Wildman–Crippen MR) is 128 cm³/mol. The van der Waals surface area contributed by atoms with E-state index in [1.807, 2.05) is 0 Å². The van der Waals surface area contributed by atoms with Crippen molar-refractivity contribution in [1.29, 1.82) is 0 Å². The number of aliphatic carboxylic acids is 1. The molecule has 15 heteroatoms. The molecule has 0 bridgehead atoms. The van der Waals surface area contributed by atoms with E-state index < -0.39 is 62.4 Å². The van der Waals surface area contributed by atoms with Crippen LogP contribution >= 0.6 is 0 Å². The molecule has 1 N–H and O–H groups in total. The van der Waals surface area contributed by atoms with Crippen LogP contribution in [0.15, 0.2) is 59.5 Å². The minimum Gasteiger partial charge on any atom is -0.486 e. The smallest absolute Gasteiger partial charge is 0.416 e. The Bertz CT molecular complexity index is 1500. The Morgan fingerprint density at radius 2 is 1.73 bits per heavy atom. The first-order valence-corrected chi connectivity index (χ1v) is 12.7. The van der Waals surface area contributed by atoms with Crippen molar-refractivity contribution in [3.63, 3.8) is 0 Å². The number of fused-ring (bicyclic) bond motifs is 1. The van der Waals surface area contributed by atoms with Crippen molar-refractivity contribution >= 4 is 21.7 Å². The molecule has 1 aliphatic heterocycles. The van der Waals surface area contributed by atoms with Crippen molar-refractivity contribution in [1.82, 2.24) is 0 Å². The number of carboxylic acid groups (broad SMARTS) is 1. The van der Waals surface area contributed by atoms with Crippen molar-refractivity contribution in [3.8, 4) is 22.6 Å². The average molecular weight is 595 g/mol. The third kappa shape index (κ3) is 7.14. The number of carboxylic acids is 1. The molecule has 0 saturated carbocycles. The minimum atomic E-state index is -4.80. The first kappa shape index (κ1) is 30.5. The zero-order valence-corrected chi connectivity index (χ0v) is 21.2. The topological polar surface area (TPSA) is 93.1 Å². The lowest BCUT2D eigenvalue weighted by Gasteiger charge is -2.31. The molecule has 0 unspecified atom stereocenters. The van der Waals surface area contributed by atoms with Crippen LogP contribution in [-0.2, 0) is 21.0 Å². The molecule has 4 rings (SSSR count). The van der Waals surface area contributed by atoms with Gasteiger partial charge >= 0.3 is 18.8 Å². The average Bonchev–Trinajstić information content (AvgIpc) is 2.87. The van der Waals surface area contributed by atoms with E-state index >= 15 is 0 Å². The first-order chi connectivity index (χ1) is 18.6. The van der Waals surface area contributed by atoms with Crippen molar-refractivity contribution < 1.29 is 58.5 Å². The molecule has 0 aliphatic carbocycles. The summed E-state index contributed by atoms with van der Waals surface area (Å²) in [4.78, 5) is 8.68. The Hall–Kier alpha value is -4.01. The Balaban J connectivity index is 0.000000810. The lowest BCUT2D eigenvalue weighted by molar-refractivity contribution is -0.138. The van der Waals surface area contributed by atoms with E-state index in [0.717, 1.165) is 36.4 Å². The molecule has 1 aliphatic rings. The van der Waals surface area contributed by atoms with Gasteiger partial charge in [0.1, 0.15) is 18.2 Å². The normalized spacial score (nSPS) is 13.2. The van der Waals surface area contributed by atoms with E-state index in [0.29, 0.717) is 22.5 Å². The summed E-state index contributed by atoms with van der Waals surface area (Å²) >= 11 is 0. The van der Waals surface area contributed by atoms with E-state index in [1.54, 1.807) is 6.92 Å². The van der Waals surface area contributed by atoms with Crippen LogP contribution in [0.1, 0.15) is 18.9 Å². The summed E-state index contributed by atoms with van der Waals surface area (Å²) < 4.78 is 130. The molecule has 0 amide bonds. The van der Waals surface area contributed by atoms with Gasteiger partial charge in [0.2, 0.25) is 0 Å². The van der Waals surface area contributed by atoms with Gasteiger partial charge in [0, 0.05) is 12.5 Å². The zero-order valence-electron chi connectivity index (χ0n) is 20.4. The van der Waals surface area contributed by atoms with Gasteiger partial charge in [0.25, 0.3) is 10.0 Å². The fourth-order valence-corrected chi connectivity index (χ4v) is 5.03. The second kappa shape index (κ2) is 12.0. The van der Waals surface area contributed by atoms with Gasteiger partial charge in [-0.25, -0.2) is 17.2 Å². The molecule has 0 fully saturated rings. The number of anilines is 1. The maximum Gasteiger partial charge on any atom is 0.416 e. The molecule has 1 heterocycles. The SMILES string of the molecule is CCC(=O)O.O=S(=O)(c1cccc(C(F)(F)F)c1)N1CCOc2c(F)cc(-c3cc(F)cc(OC(F)F)c3)cc21. The van der Waals surface area contributed by atoms with Gasteiger partial charge in [-0.2, -0.15) is 22.0 Å². The molecule has 0 atom stereocenters. The van der Waals surface area contributed by atoms with E-state index in [-0.39, 0.29) is 36.4 Å². The van der Waals surface area contributed by atoms with E-state index in [2.05, 4.69) is 4.74 Å². The predicted octanol–water partition coefficient (Wildman–Crippen LogP) is 6.32. The summed E-state index contributed by atoms with van der Waals surface area (Å²) in [5.41, 5.74) is -1.79. The lowest BCUT2D eigenvalue weighted by atomic mass is 10.0. The van der Waals surface area contributed by atoms with Crippen molar-refractivity contribution in [2.24, 2.45) is 0 Å². The van der Waals surface area contributed by atoms with E-state index in [4.69, 9.17) is 9.84 Å². The van der Waals surface area contributed by atoms with Crippen LogP contribution in [0.5, 0.6) is 11.5 Å². The number of sulfonamides is 1. The van der Waals surface area contributed by atoms with Crippen molar-refractivity contribution in [2.45, 2.75) is 31.0 Å². The van der Waals surface area contributed by atoms with Crippen molar-refractivity contribution in [3.05, 3.63) is 71.8 Å². The van der Waals surface area contributed by atoms with Crippen LogP contribution in [0.4, 0.5) is 36.4 Å². The molecular weight excluding hydrogens is 575 g/mol. The van der Waals surface area contributed by atoms with E-state index in [9.17, 15) is 43.9 Å². The zero-order chi connectivity index (χ0) is 29.8. The first-order valence-electron chi connectivity index (χ1n) is 11.3. The summed E-state index contributed by atoms with van der Waals surface area (Å²) in [5, 5.41) is 7.72. The number of ether oxygens (including phenoxy) is 2. The number of nitrogens with zero attached hydrogens (tertiary/aromatic N) is 1. The maximum atomic E-state index is 14.9. The lowest BCUT2D eigenvalue weighted by Crippen LogP contribution is -2.38. The monoisotopic (exact) mass is 595 g/mol. The second-order valence-electron chi connectivity index (χ2n) is 8.06. The molecule has 0 radical (unpaired) electrons. The number of alkyl halides is 5. The summed E-state index contributed by atoms with van der Waals surface area (Å²) in [7, 11) is -4.62. The number of carbonyl (C=O) groups is 1. The van der Waals surface area contributed by atoms with Crippen LogP contribution in [0.2, 0.25) is 0 Å². The van der Waals surface area contributed by atoms with Crippen LogP contribution in [0, 0.1) is 11.6 Å². The molecule has 3 aromatic rings. The molecule has 0 saturated heterocycles. The highest BCUT2D eigenvalue weighted by Crippen LogP contribution is 2.42. The summed E-state index contributed by atoms with van der Waals surface area (Å²) in [5.74, 6) is -3.83. The maximum absolute atomic E-state index is 14.9. The Morgan fingerprint density at radius 3 is 2.33 bits per heavy atom. The molecule has 3 aromatic carbocycles. The van der Waals surface area contributed by atoms with Crippen LogP contribution < -0.4 is 13.8 Å². The molecule has 0 spiro atoms. The Morgan fingerprint density at radius 1 is 1.07 bits per heavy atom. The van der Waals surface area contributed by atoms with Gasteiger partial charge < -0.3 is 14.6 Å². The van der Waals surface area contributed by atoms with Crippen LogP contribution in [0.3, 0.4) is 0 Å². The van der Waals surface area contributed by atoms with Gasteiger partial charge in [-0.1, -0.05) is 13.0 Å². The third-order valence-electron chi connectivity index (χ3n) is 5.32. The molecule has 216 valence electrons. The molecule has 0 aromatic heterocycles. The number of hydrogen-bond acceptors (Lipinski definition) is 5. The highest BCUT2D eigenvalue weighted by Gasteiger charge is 2.35. The standard InChI is InChI=1S/C22H14F7NO4S.C3H6O2/c23-15-6-12(7-16(11-15)34-21(25)26)13-8-18(24)20-19(9-13)30(4-5-33-20)35(31,32)17-3-1-2-14(10-17)22(27,28)29;1-2-3(4)5/h1-3,6-11,21H,4-5H2;2H2,1H3,(H,4,5). The van der Waals surface area contributed by atoms with Gasteiger partial charge in [-0.3, -0.25) is 9.10 Å². The number of halogens is 7. The largest absolute Gasteiger partial charge is 0.486 e. The fourth-order valence-electron chi connectivity index (χ4n) is 3.53. The second-order valence-corrected chi connectivity index (χ2v) is 9.92. The molecule has 40 heavy (non-hydrogen) atoms. The van der Waals surface area contributed by atoms with Crippen LogP contribution in [-0.4, -0.2) is 39.3 Å². The van der Waals surface area contributed by atoms with Gasteiger partial charge in [-0.05, 0) is 53.6 Å². The molecule has 7 nitrogen and oxygen atoms in total. The third-order valence-corrected chi connectivity index (χ3v) is 7.12. The molecular formula is C25H20F7NO6S. The quantitative estimate of drug-likeness (QED) is 0.336. The minimum absolute atomic E-state index is 0.116. The van der Waals surface area contributed by atoms with Gasteiger partial charge in [-0.15, -0.1) is 0 Å². The fraction of sp³-hybridized carbons (Fsp3) is 0.240. The van der Waals surface area contributed by atoms with Gasteiger partial charge in [0.05, 0.1) is 22.7 Å². The number of rotatable bonds is 6. The summed E-state index contributed by atoms with van der Waals surface area (Å²) in [6.07, 6.45) is -4.58. The summed E-state index contributed by atoms with van der Waals surface area (Å²) in [6, 6.07) is 7.56. The van der Waals surface area contributed by atoms with Crippen molar-refractivity contribution in [2.75, 3.05) is 17.5 Å².